The van der Waals surface area contributed by atoms with E-state index in [2.05, 4.69) is 5.43 Å². The van der Waals surface area contributed by atoms with Gasteiger partial charge < -0.3 is 5.43 Å². The minimum absolute atomic E-state index is 0.551. The zero-order valence-corrected chi connectivity index (χ0v) is 8.84. The molecule has 14 heavy (non-hydrogen) atoms. The van der Waals surface area contributed by atoms with Crippen LogP contribution in [0.25, 0.3) is 0 Å². The molecule has 2 fully saturated rings. The van der Waals surface area contributed by atoms with Gasteiger partial charge in [0.15, 0.2) is 0 Å². The second-order valence-corrected chi connectivity index (χ2v) is 4.58. The predicted molar refractivity (Wildman–Crippen MR) is 59.0 cm³/mol. The fourth-order valence-electron chi connectivity index (χ4n) is 2.35. The number of nitrogens with zero attached hydrogens (tertiary/aromatic N) is 1. The van der Waals surface area contributed by atoms with Gasteiger partial charge in [0, 0.05) is 5.92 Å². The van der Waals surface area contributed by atoms with Gasteiger partial charge in [-0.25, -0.2) is 5.84 Å². The van der Waals surface area contributed by atoms with Gasteiger partial charge >= 0.3 is 0 Å². The van der Waals surface area contributed by atoms with E-state index in [1.807, 2.05) is 0 Å². The molecule has 0 aromatic carbocycles. The highest BCUT2D eigenvalue weighted by Crippen LogP contribution is 2.28. The van der Waals surface area contributed by atoms with Crippen molar-refractivity contribution in [3.63, 3.8) is 0 Å². The maximum Gasteiger partial charge on any atom is 0.114 e. The Balaban J connectivity index is 1.90. The number of rotatable bonds is 2. The molecule has 0 radical (unpaired) electrons. The van der Waals surface area contributed by atoms with E-state index in [1.165, 1.54) is 51.4 Å². The average Bonchev–Trinajstić information content (AvgIpc) is 2.15. The summed E-state index contributed by atoms with van der Waals surface area (Å²) in [5.74, 6) is 7.23. The zero-order valence-electron chi connectivity index (χ0n) is 8.84. The van der Waals surface area contributed by atoms with Crippen LogP contribution in [-0.4, -0.2) is 11.9 Å². The Kier molecular flexibility index (Phi) is 3.40. The summed E-state index contributed by atoms with van der Waals surface area (Å²) in [6.45, 7) is 0. The zero-order chi connectivity index (χ0) is 9.80. The van der Waals surface area contributed by atoms with Gasteiger partial charge in [-0.15, -0.1) is 0 Å². The number of nitrogens with two attached hydrogens (primary N) is 1. The van der Waals surface area contributed by atoms with Crippen molar-refractivity contribution >= 4 is 5.84 Å². The normalized spacial score (nSPS) is 25.9. The van der Waals surface area contributed by atoms with Crippen LogP contribution in [0.2, 0.25) is 0 Å². The SMILES string of the molecule is NNC(=NC1CCCCC1)C1CCC1. The average molecular weight is 195 g/mol. The van der Waals surface area contributed by atoms with Crippen LogP contribution in [0.3, 0.4) is 0 Å². The largest absolute Gasteiger partial charge is 0.312 e. The van der Waals surface area contributed by atoms with E-state index in [0.717, 1.165) is 5.84 Å². The Morgan fingerprint density at radius 1 is 1.00 bits per heavy atom. The lowest BCUT2D eigenvalue weighted by Crippen LogP contribution is -2.40. The van der Waals surface area contributed by atoms with Gasteiger partial charge in [-0.2, -0.15) is 0 Å². The maximum absolute atomic E-state index is 5.52. The van der Waals surface area contributed by atoms with Crippen molar-refractivity contribution in [3.8, 4) is 0 Å². The Morgan fingerprint density at radius 3 is 2.21 bits per heavy atom. The summed E-state index contributed by atoms with van der Waals surface area (Å²) < 4.78 is 0. The molecule has 0 unspecified atom stereocenters. The summed E-state index contributed by atoms with van der Waals surface area (Å²) in [6.07, 6.45) is 10.5. The molecule has 2 aliphatic carbocycles. The lowest BCUT2D eigenvalue weighted by atomic mass is 9.84. The molecule has 2 aliphatic rings. The van der Waals surface area contributed by atoms with Gasteiger partial charge in [0.05, 0.1) is 6.04 Å². The third-order valence-corrected chi connectivity index (χ3v) is 3.54. The molecule has 0 heterocycles. The van der Waals surface area contributed by atoms with Gasteiger partial charge in [0.1, 0.15) is 5.84 Å². The molecular weight excluding hydrogens is 174 g/mol. The molecule has 0 aliphatic heterocycles. The lowest BCUT2D eigenvalue weighted by molar-refractivity contribution is 0.393. The third kappa shape index (κ3) is 2.27. The Bertz CT molecular complexity index is 203. The van der Waals surface area contributed by atoms with Crippen molar-refractivity contribution in [2.75, 3.05) is 0 Å². The summed E-state index contributed by atoms with van der Waals surface area (Å²) in [4.78, 5) is 4.76. The minimum atomic E-state index is 0.551. The van der Waals surface area contributed by atoms with Gasteiger partial charge in [0.25, 0.3) is 0 Å². The van der Waals surface area contributed by atoms with Crippen LogP contribution in [0, 0.1) is 5.92 Å². The smallest absolute Gasteiger partial charge is 0.114 e. The summed E-state index contributed by atoms with van der Waals surface area (Å²) in [6, 6.07) is 0.551. The Hall–Kier alpha value is -0.570. The monoisotopic (exact) mass is 195 g/mol. The van der Waals surface area contributed by atoms with E-state index in [1.54, 1.807) is 0 Å². The number of hydrazine groups is 1. The summed E-state index contributed by atoms with van der Waals surface area (Å²) in [7, 11) is 0. The molecular formula is C11H21N3. The van der Waals surface area contributed by atoms with Crippen LogP contribution >= 0.6 is 0 Å². The summed E-state index contributed by atoms with van der Waals surface area (Å²) >= 11 is 0. The molecule has 0 spiro atoms. The molecule has 3 nitrogen and oxygen atoms in total. The van der Waals surface area contributed by atoms with Crippen LogP contribution < -0.4 is 11.3 Å². The fourth-order valence-corrected chi connectivity index (χ4v) is 2.35. The van der Waals surface area contributed by atoms with Crippen molar-refractivity contribution in [2.45, 2.75) is 57.4 Å². The van der Waals surface area contributed by atoms with Gasteiger partial charge in [0.2, 0.25) is 0 Å². The molecule has 3 N–H and O–H groups in total. The van der Waals surface area contributed by atoms with Crippen LogP contribution in [0.5, 0.6) is 0 Å². The highest BCUT2D eigenvalue weighted by atomic mass is 15.3. The van der Waals surface area contributed by atoms with E-state index in [-0.39, 0.29) is 0 Å². The summed E-state index contributed by atoms with van der Waals surface area (Å²) in [5, 5.41) is 0. The van der Waals surface area contributed by atoms with E-state index >= 15 is 0 Å². The van der Waals surface area contributed by atoms with Crippen molar-refractivity contribution in [1.29, 1.82) is 0 Å². The number of hydrogen-bond donors (Lipinski definition) is 2. The lowest BCUT2D eigenvalue weighted by Gasteiger charge is -2.28. The van der Waals surface area contributed by atoms with Crippen LogP contribution in [0.1, 0.15) is 51.4 Å². The van der Waals surface area contributed by atoms with E-state index in [9.17, 15) is 0 Å². The van der Waals surface area contributed by atoms with E-state index in [0.29, 0.717) is 12.0 Å². The number of aliphatic imine (C=N–C) groups is 1. The molecule has 2 saturated carbocycles. The van der Waals surface area contributed by atoms with Crippen molar-refractivity contribution in [3.05, 3.63) is 0 Å². The van der Waals surface area contributed by atoms with Gasteiger partial charge in [-0.1, -0.05) is 25.7 Å². The van der Waals surface area contributed by atoms with E-state index in [4.69, 9.17) is 10.8 Å². The van der Waals surface area contributed by atoms with Crippen LogP contribution in [0.15, 0.2) is 4.99 Å². The first kappa shape index (κ1) is 9.97. The topological polar surface area (TPSA) is 50.4 Å². The third-order valence-electron chi connectivity index (χ3n) is 3.54. The molecule has 2 rings (SSSR count). The first-order valence-electron chi connectivity index (χ1n) is 5.94. The molecule has 0 amide bonds. The first-order chi connectivity index (χ1) is 6.90. The highest BCUT2D eigenvalue weighted by Gasteiger charge is 2.24. The maximum atomic E-state index is 5.52. The molecule has 0 bridgehead atoms. The second kappa shape index (κ2) is 4.78. The van der Waals surface area contributed by atoms with E-state index < -0.39 is 0 Å². The van der Waals surface area contributed by atoms with Crippen molar-refractivity contribution in [2.24, 2.45) is 16.8 Å². The molecule has 3 heteroatoms. The quantitative estimate of drug-likeness (QED) is 0.306. The summed E-state index contributed by atoms with van der Waals surface area (Å²) in [5.41, 5.74) is 2.80. The van der Waals surface area contributed by atoms with Crippen LogP contribution in [0.4, 0.5) is 0 Å². The second-order valence-electron chi connectivity index (χ2n) is 4.58. The molecule has 0 aromatic rings. The van der Waals surface area contributed by atoms with Crippen LogP contribution in [-0.2, 0) is 0 Å². The minimum Gasteiger partial charge on any atom is -0.312 e. The fraction of sp³-hybridized carbons (Fsp3) is 0.909. The molecule has 80 valence electrons. The standard InChI is InChI=1S/C11H21N3/c12-14-11(9-5-4-6-9)13-10-7-2-1-3-8-10/h9-10H,1-8,12H2,(H,13,14). The Labute approximate surface area is 86.1 Å². The molecule has 0 atom stereocenters. The number of nitrogens with one attached hydrogen (secondary N) is 1. The number of hydrogen-bond acceptors (Lipinski definition) is 2. The van der Waals surface area contributed by atoms with Crippen molar-refractivity contribution in [1.82, 2.24) is 5.43 Å². The first-order valence-corrected chi connectivity index (χ1v) is 5.94. The predicted octanol–water partition coefficient (Wildman–Crippen LogP) is 1.98. The molecule has 0 saturated heterocycles. The van der Waals surface area contributed by atoms with Gasteiger partial charge in [-0.3, -0.25) is 4.99 Å². The van der Waals surface area contributed by atoms with Gasteiger partial charge in [-0.05, 0) is 25.7 Å². The Morgan fingerprint density at radius 2 is 1.71 bits per heavy atom. The van der Waals surface area contributed by atoms with Crippen molar-refractivity contribution < 1.29 is 0 Å². The number of amidine groups is 1. The highest BCUT2D eigenvalue weighted by molar-refractivity contribution is 5.84. The molecule has 0 aromatic heterocycles.